The zero-order valence-corrected chi connectivity index (χ0v) is 14.1. The van der Waals surface area contributed by atoms with E-state index in [1.807, 2.05) is 13.8 Å². The minimum absolute atomic E-state index is 0.162. The van der Waals surface area contributed by atoms with Crippen molar-refractivity contribution in [3.05, 3.63) is 28.8 Å². The summed E-state index contributed by atoms with van der Waals surface area (Å²) in [5.41, 5.74) is 0.602. The van der Waals surface area contributed by atoms with Crippen molar-refractivity contribution in [2.75, 3.05) is 20.3 Å². The van der Waals surface area contributed by atoms with Gasteiger partial charge in [-0.1, -0.05) is 11.6 Å². The van der Waals surface area contributed by atoms with E-state index in [9.17, 15) is 8.42 Å². The molecule has 20 heavy (non-hydrogen) atoms. The van der Waals surface area contributed by atoms with E-state index in [2.05, 4.69) is 0 Å². The highest BCUT2D eigenvalue weighted by molar-refractivity contribution is 7.89. The summed E-state index contributed by atoms with van der Waals surface area (Å²) in [6.45, 7) is 4.29. The molecule has 0 atom stereocenters. The summed E-state index contributed by atoms with van der Waals surface area (Å²) >= 11 is 11.7. The molecule has 0 aromatic heterocycles. The molecule has 0 aliphatic carbocycles. The Morgan fingerprint density at radius 2 is 2.00 bits per heavy atom. The molecule has 1 aromatic rings. The number of alkyl halides is 1. The van der Waals surface area contributed by atoms with Gasteiger partial charge >= 0.3 is 0 Å². The Morgan fingerprint density at radius 1 is 1.35 bits per heavy atom. The first-order valence-electron chi connectivity index (χ1n) is 6.19. The Hall–Kier alpha value is -0.330. The van der Waals surface area contributed by atoms with Gasteiger partial charge in [-0.25, -0.2) is 8.42 Å². The van der Waals surface area contributed by atoms with Crippen LogP contribution < -0.4 is 0 Å². The van der Waals surface area contributed by atoms with Crippen LogP contribution in [0.4, 0.5) is 0 Å². The monoisotopic (exact) mass is 339 g/mol. The van der Waals surface area contributed by atoms with Crippen LogP contribution in [0.3, 0.4) is 0 Å². The molecule has 0 N–H and O–H groups in total. The van der Waals surface area contributed by atoms with Crippen molar-refractivity contribution in [1.82, 2.24) is 4.31 Å². The fourth-order valence-electron chi connectivity index (χ4n) is 1.79. The molecule has 0 spiro atoms. The number of halogens is 2. The van der Waals surface area contributed by atoms with E-state index in [-0.39, 0.29) is 16.8 Å². The summed E-state index contributed by atoms with van der Waals surface area (Å²) < 4.78 is 31.7. The van der Waals surface area contributed by atoms with Crippen LogP contribution in [-0.4, -0.2) is 39.0 Å². The summed E-state index contributed by atoms with van der Waals surface area (Å²) in [6, 6.07) is 4.41. The highest BCUT2D eigenvalue weighted by Crippen LogP contribution is 2.25. The van der Waals surface area contributed by atoms with Gasteiger partial charge in [0.15, 0.2) is 0 Å². The summed E-state index contributed by atoms with van der Waals surface area (Å²) in [4.78, 5) is 0.197. The SMILES string of the molecule is COCCN(C(C)C)S(=O)(=O)c1ccc(Cl)c(CCl)c1. The highest BCUT2D eigenvalue weighted by Gasteiger charge is 2.27. The molecule has 0 fully saturated rings. The third-order valence-electron chi connectivity index (χ3n) is 2.86. The van der Waals surface area contributed by atoms with Gasteiger partial charge in [-0.3, -0.25) is 0 Å². The third-order valence-corrected chi connectivity index (χ3v) is 5.59. The van der Waals surface area contributed by atoms with Crippen LogP contribution in [0.25, 0.3) is 0 Å². The Morgan fingerprint density at radius 3 is 2.50 bits per heavy atom. The minimum Gasteiger partial charge on any atom is -0.383 e. The van der Waals surface area contributed by atoms with Crippen molar-refractivity contribution in [2.24, 2.45) is 0 Å². The number of nitrogens with zero attached hydrogens (tertiary/aromatic N) is 1. The summed E-state index contributed by atoms with van der Waals surface area (Å²) in [5.74, 6) is 0.169. The molecule has 0 aliphatic heterocycles. The lowest BCUT2D eigenvalue weighted by atomic mass is 10.2. The average molecular weight is 340 g/mol. The van der Waals surface area contributed by atoms with E-state index < -0.39 is 10.0 Å². The molecule has 0 saturated carbocycles. The van der Waals surface area contributed by atoms with Gasteiger partial charge in [0.1, 0.15) is 0 Å². The topological polar surface area (TPSA) is 46.6 Å². The van der Waals surface area contributed by atoms with Gasteiger partial charge in [0.25, 0.3) is 0 Å². The largest absolute Gasteiger partial charge is 0.383 e. The molecule has 0 radical (unpaired) electrons. The van der Waals surface area contributed by atoms with Crippen LogP contribution in [0.2, 0.25) is 5.02 Å². The molecule has 1 rings (SSSR count). The molecule has 0 saturated heterocycles. The summed E-state index contributed by atoms with van der Waals surface area (Å²) in [7, 11) is -2.05. The number of methoxy groups -OCH3 is 1. The fraction of sp³-hybridized carbons (Fsp3) is 0.538. The van der Waals surface area contributed by atoms with Gasteiger partial charge in [-0.2, -0.15) is 4.31 Å². The first-order chi connectivity index (χ1) is 9.34. The van der Waals surface area contributed by atoms with Gasteiger partial charge < -0.3 is 4.74 Å². The number of benzene rings is 1. The van der Waals surface area contributed by atoms with E-state index in [0.717, 1.165) is 0 Å². The van der Waals surface area contributed by atoms with E-state index in [0.29, 0.717) is 23.7 Å². The molecule has 4 nitrogen and oxygen atoms in total. The van der Waals surface area contributed by atoms with Crippen LogP contribution in [0, 0.1) is 0 Å². The predicted octanol–water partition coefficient (Wildman–Crippen LogP) is 3.12. The molecular weight excluding hydrogens is 321 g/mol. The van der Waals surface area contributed by atoms with Crippen molar-refractivity contribution >= 4 is 33.2 Å². The minimum atomic E-state index is -3.59. The average Bonchev–Trinajstić information content (AvgIpc) is 2.38. The normalized spacial score (nSPS) is 12.3. The molecular formula is C13H19Cl2NO3S. The fourth-order valence-corrected chi connectivity index (χ4v) is 3.93. The molecule has 0 aliphatic rings. The first kappa shape index (κ1) is 17.7. The lowest BCUT2D eigenvalue weighted by molar-refractivity contribution is 0.171. The van der Waals surface area contributed by atoms with E-state index in [1.54, 1.807) is 13.2 Å². The van der Waals surface area contributed by atoms with Gasteiger partial charge in [-0.05, 0) is 37.6 Å². The maximum Gasteiger partial charge on any atom is 0.243 e. The molecule has 0 unspecified atom stereocenters. The quantitative estimate of drug-likeness (QED) is 0.717. The first-order valence-corrected chi connectivity index (χ1v) is 8.55. The van der Waals surface area contributed by atoms with Gasteiger partial charge in [0, 0.05) is 30.6 Å². The Bertz CT molecular complexity index is 547. The lowest BCUT2D eigenvalue weighted by Crippen LogP contribution is -2.39. The molecule has 0 bridgehead atoms. The Kier molecular flexibility index (Phi) is 6.75. The second kappa shape index (κ2) is 7.61. The molecule has 114 valence electrons. The maximum atomic E-state index is 12.6. The number of rotatable bonds is 7. The van der Waals surface area contributed by atoms with Crippen molar-refractivity contribution in [2.45, 2.75) is 30.7 Å². The van der Waals surface area contributed by atoms with Crippen LogP contribution in [-0.2, 0) is 20.6 Å². The van der Waals surface area contributed by atoms with Crippen LogP contribution >= 0.6 is 23.2 Å². The van der Waals surface area contributed by atoms with Crippen LogP contribution in [0.15, 0.2) is 23.1 Å². The number of sulfonamides is 1. The maximum absolute atomic E-state index is 12.6. The van der Waals surface area contributed by atoms with E-state index in [4.69, 9.17) is 27.9 Å². The van der Waals surface area contributed by atoms with Crippen LogP contribution in [0.1, 0.15) is 19.4 Å². The molecule has 7 heteroatoms. The molecule has 0 amide bonds. The number of hydrogen-bond acceptors (Lipinski definition) is 3. The van der Waals surface area contributed by atoms with Gasteiger partial charge in [0.05, 0.1) is 11.5 Å². The van der Waals surface area contributed by atoms with Gasteiger partial charge in [-0.15, -0.1) is 11.6 Å². The van der Waals surface area contributed by atoms with E-state index in [1.165, 1.54) is 16.4 Å². The third kappa shape index (κ3) is 4.09. The number of ether oxygens (including phenoxy) is 1. The smallest absolute Gasteiger partial charge is 0.243 e. The van der Waals surface area contributed by atoms with Crippen molar-refractivity contribution < 1.29 is 13.2 Å². The summed E-state index contributed by atoms with van der Waals surface area (Å²) in [5, 5.41) is 0.465. The lowest BCUT2D eigenvalue weighted by Gasteiger charge is -2.25. The second-order valence-electron chi connectivity index (χ2n) is 4.59. The van der Waals surface area contributed by atoms with Crippen molar-refractivity contribution in [3.63, 3.8) is 0 Å². The predicted molar refractivity (Wildman–Crippen MR) is 81.9 cm³/mol. The zero-order chi connectivity index (χ0) is 15.3. The van der Waals surface area contributed by atoms with E-state index >= 15 is 0 Å². The molecule has 1 aromatic carbocycles. The van der Waals surface area contributed by atoms with Gasteiger partial charge in [0.2, 0.25) is 10.0 Å². The Labute approximate surface area is 130 Å². The van der Waals surface area contributed by atoms with Crippen LogP contribution in [0.5, 0.6) is 0 Å². The summed E-state index contributed by atoms with van der Waals surface area (Å²) in [6.07, 6.45) is 0. The molecule has 0 heterocycles. The highest BCUT2D eigenvalue weighted by atomic mass is 35.5. The zero-order valence-electron chi connectivity index (χ0n) is 11.8. The van der Waals surface area contributed by atoms with Crippen molar-refractivity contribution in [1.29, 1.82) is 0 Å². The second-order valence-corrected chi connectivity index (χ2v) is 7.15. The Balaban J connectivity index is 3.19. The standard InChI is InChI=1S/C13H19Cl2NO3S/c1-10(2)16(6-7-19-3)20(17,18)12-4-5-13(15)11(8-12)9-14/h4-5,8,10H,6-7,9H2,1-3H3. The van der Waals surface area contributed by atoms with Crippen molar-refractivity contribution in [3.8, 4) is 0 Å². The number of hydrogen-bond donors (Lipinski definition) is 0.